The van der Waals surface area contributed by atoms with Crippen molar-refractivity contribution in [3.05, 3.63) is 29.8 Å². The Bertz CT molecular complexity index is 299. The van der Waals surface area contributed by atoms with Crippen LogP contribution in [0.4, 0.5) is 0 Å². The van der Waals surface area contributed by atoms with Crippen molar-refractivity contribution in [1.82, 2.24) is 0 Å². The van der Waals surface area contributed by atoms with Crippen LogP contribution in [0.2, 0.25) is 0 Å². The largest absolute Gasteiger partial charge is 0.394 e. The van der Waals surface area contributed by atoms with Crippen molar-refractivity contribution < 1.29 is 5.11 Å². The molecular weight excluding hydrogens is 194 g/mol. The van der Waals surface area contributed by atoms with Crippen molar-refractivity contribution in [3.63, 3.8) is 0 Å². The molecule has 0 saturated carbocycles. The molecule has 0 fully saturated rings. The number of nitrogens with two attached hydrogens (primary N) is 1. The van der Waals surface area contributed by atoms with Gasteiger partial charge in [0, 0.05) is 10.4 Å². The fraction of sp³-hybridized carbons (Fsp3) is 0.455. The summed E-state index contributed by atoms with van der Waals surface area (Å²) in [6, 6.07) is 8.25. The quantitative estimate of drug-likeness (QED) is 0.745. The molecule has 0 radical (unpaired) electrons. The maximum Gasteiger partial charge on any atom is 0.0611 e. The number of rotatable bonds is 4. The van der Waals surface area contributed by atoms with E-state index in [4.69, 9.17) is 10.8 Å². The molecule has 1 atom stereocenters. The summed E-state index contributed by atoms with van der Waals surface area (Å²) in [5.41, 5.74) is 6.54. The van der Waals surface area contributed by atoms with Crippen LogP contribution in [0, 0.1) is 0 Å². The van der Waals surface area contributed by atoms with Crippen LogP contribution in [0.25, 0.3) is 0 Å². The van der Waals surface area contributed by atoms with E-state index in [-0.39, 0.29) is 6.61 Å². The average Bonchev–Trinajstić information content (AvgIpc) is 2.17. The van der Waals surface area contributed by atoms with Crippen LogP contribution < -0.4 is 5.73 Å². The molecule has 0 aliphatic rings. The van der Waals surface area contributed by atoms with Crippen molar-refractivity contribution in [2.75, 3.05) is 12.9 Å². The van der Waals surface area contributed by atoms with Gasteiger partial charge in [-0.1, -0.05) is 12.1 Å². The highest BCUT2D eigenvalue weighted by atomic mass is 32.2. The van der Waals surface area contributed by atoms with E-state index in [1.165, 1.54) is 10.5 Å². The van der Waals surface area contributed by atoms with Crippen molar-refractivity contribution in [2.45, 2.75) is 23.8 Å². The first-order valence-electron chi connectivity index (χ1n) is 4.60. The normalized spacial score (nSPS) is 15.1. The Morgan fingerprint density at radius 1 is 1.50 bits per heavy atom. The molecule has 2 nitrogen and oxygen atoms in total. The summed E-state index contributed by atoms with van der Waals surface area (Å²) >= 11 is 1.71. The summed E-state index contributed by atoms with van der Waals surface area (Å²) in [5.74, 6) is 0. The number of hydrogen-bond acceptors (Lipinski definition) is 3. The molecule has 0 saturated heterocycles. The van der Waals surface area contributed by atoms with E-state index < -0.39 is 5.54 Å². The van der Waals surface area contributed by atoms with Crippen molar-refractivity contribution in [2.24, 2.45) is 5.73 Å². The van der Waals surface area contributed by atoms with Gasteiger partial charge in [-0.25, -0.2) is 0 Å². The third kappa shape index (κ3) is 3.33. The van der Waals surface area contributed by atoms with Crippen molar-refractivity contribution in [1.29, 1.82) is 0 Å². The summed E-state index contributed by atoms with van der Waals surface area (Å²) in [4.78, 5) is 1.23. The molecule has 0 aliphatic heterocycles. The van der Waals surface area contributed by atoms with Gasteiger partial charge >= 0.3 is 0 Å². The van der Waals surface area contributed by atoms with Crippen LogP contribution in [0.3, 0.4) is 0 Å². The summed E-state index contributed by atoms with van der Waals surface area (Å²) in [5, 5.41) is 9.05. The third-order valence-corrected chi connectivity index (χ3v) is 2.83. The van der Waals surface area contributed by atoms with Gasteiger partial charge in [-0.2, -0.15) is 0 Å². The summed E-state index contributed by atoms with van der Waals surface area (Å²) in [6.45, 7) is 1.87. The average molecular weight is 211 g/mol. The summed E-state index contributed by atoms with van der Waals surface area (Å²) in [7, 11) is 0. The van der Waals surface area contributed by atoms with Crippen LogP contribution in [0.15, 0.2) is 29.2 Å². The van der Waals surface area contributed by atoms with E-state index in [2.05, 4.69) is 12.1 Å². The van der Waals surface area contributed by atoms with Gasteiger partial charge in [0.1, 0.15) is 0 Å². The molecule has 14 heavy (non-hydrogen) atoms. The lowest BCUT2D eigenvalue weighted by atomic mass is 9.95. The molecule has 1 aromatic rings. The predicted molar refractivity (Wildman–Crippen MR) is 61.6 cm³/mol. The minimum Gasteiger partial charge on any atom is -0.394 e. The Labute approximate surface area is 89.5 Å². The van der Waals surface area contributed by atoms with Crippen LogP contribution in [0.1, 0.15) is 12.5 Å². The molecule has 0 heterocycles. The Morgan fingerprint density at radius 3 is 2.79 bits per heavy atom. The first-order valence-corrected chi connectivity index (χ1v) is 5.82. The lowest BCUT2D eigenvalue weighted by Crippen LogP contribution is -2.42. The second-order valence-electron chi connectivity index (χ2n) is 3.84. The number of thioether (sulfide) groups is 1. The maximum atomic E-state index is 9.05. The Balaban J connectivity index is 2.76. The molecule has 3 N–H and O–H groups in total. The zero-order valence-corrected chi connectivity index (χ0v) is 9.47. The van der Waals surface area contributed by atoms with E-state index in [0.717, 1.165) is 0 Å². The minimum absolute atomic E-state index is 0.0104. The minimum atomic E-state index is -0.517. The molecule has 78 valence electrons. The number of hydrogen-bond donors (Lipinski definition) is 2. The zero-order valence-electron chi connectivity index (χ0n) is 8.66. The first-order chi connectivity index (χ1) is 6.57. The Hall–Kier alpha value is -0.510. The second-order valence-corrected chi connectivity index (χ2v) is 4.72. The topological polar surface area (TPSA) is 46.2 Å². The number of aliphatic hydroxyl groups excluding tert-OH is 1. The molecule has 0 spiro atoms. The molecule has 1 rings (SSSR count). The first kappa shape index (κ1) is 11.6. The molecule has 1 aromatic carbocycles. The standard InChI is InChI=1S/C11H17NOS/c1-11(12,8-13)7-9-4-3-5-10(6-9)14-2/h3-6,13H,7-8,12H2,1-2H3. The highest BCUT2D eigenvalue weighted by molar-refractivity contribution is 7.98. The van der Waals surface area contributed by atoms with Gasteiger partial charge in [0.2, 0.25) is 0 Å². The molecule has 1 unspecified atom stereocenters. The van der Waals surface area contributed by atoms with E-state index in [9.17, 15) is 0 Å². The van der Waals surface area contributed by atoms with Crippen LogP contribution in [-0.4, -0.2) is 23.5 Å². The molecule has 3 heteroatoms. The van der Waals surface area contributed by atoms with Gasteiger partial charge in [-0.15, -0.1) is 11.8 Å². The van der Waals surface area contributed by atoms with Crippen molar-refractivity contribution in [3.8, 4) is 0 Å². The molecular formula is C11H17NOS. The summed E-state index contributed by atoms with van der Waals surface area (Å²) < 4.78 is 0. The SMILES string of the molecule is CSc1cccc(CC(C)(N)CO)c1. The zero-order chi connectivity index (χ0) is 10.6. The van der Waals surface area contributed by atoms with Crippen LogP contribution in [0.5, 0.6) is 0 Å². The van der Waals surface area contributed by atoms with E-state index in [1.807, 2.05) is 25.3 Å². The smallest absolute Gasteiger partial charge is 0.0611 e. The van der Waals surface area contributed by atoms with Crippen LogP contribution >= 0.6 is 11.8 Å². The molecule has 0 amide bonds. The van der Waals surface area contributed by atoms with Crippen molar-refractivity contribution >= 4 is 11.8 Å². The van der Waals surface area contributed by atoms with Gasteiger partial charge in [0.25, 0.3) is 0 Å². The third-order valence-electron chi connectivity index (χ3n) is 2.10. The van der Waals surface area contributed by atoms with E-state index >= 15 is 0 Å². The Morgan fingerprint density at radius 2 is 2.21 bits per heavy atom. The van der Waals surface area contributed by atoms with Gasteiger partial charge in [-0.05, 0) is 37.3 Å². The van der Waals surface area contributed by atoms with Gasteiger partial charge in [0.05, 0.1) is 6.61 Å². The maximum absolute atomic E-state index is 9.05. The number of aliphatic hydroxyl groups is 1. The van der Waals surface area contributed by atoms with Gasteiger partial charge in [-0.3, -0.25) is 0 Å². The van der Waals surface area contributed by atoms with E-state index in [1.54, 1.807) is 11.8 Å². The monoisotopic (exact) mass is 211 g/mol. The molecule has 0 bridgehead atoms. The van der Waals surface area contributed by atoms with Gasteiger partial charge in [0.15, 0.2) is 0 Å². The fourth-order valence-electron chi connectivity index (χ4n) is 1.30. The predicted octanol–water partition coefficient (Wildman–Crippen LogP) is 1.66. The summed E-state index contributed by atoms with van der Waals surface area (Å²) in [6.07, 6.45) is 2.75. The second kappa shape index (κ2) is 4.82. The lowest BCUT2D eigenvalue weighted by Gasteiger charge is -2.21. The number of benzene rings is 1. The lowest BCUT2D eigenvalue weighted by molar-refractivity contribution is 0.208. The fourth-order valence-corrected chi connectivity index (χ4v) is 1.79. The van der Waals surface area contributed by atoms with Gasteiger partial charge < -0.3 is 10.8 Å². The molecule has 0 aromatic heterocycles. The van der Waals surface area contributed by atoms with E-state index in [0.29, 0.717) is 6.42 Å². The highest BCUT2D eigenvalue weighted by Gasteiger charge is 2.17. The Kier molecular flexibility index (Phi) is 3.98. The highest BCUT2D eigenvalue weighted by Crippen LogP contribution is 2.18. The molecule has 0 aliphatic carbocycles. The van der Waals surface area contributed by atoms with Crippen LogP contribution in [-0.2, 0) is 6.42 Å².